The Bertz CT molecular complexity index is 946. The molecule has 0 saturated heterocycles. The molecule has 0 unspecified atom stereocenters. The average molecular weight is 409 g/mol. The predicted octanol–water partition coefficient (Wildman–Crippen LogP) is 3.40. The lowest BCUT2D eigenvalue weighted by Gasteiger charge is -2.19. The van der Waals surface area contributed by atoms with Crippen molar-refractivity contribution >= 4 is 23.8 Å². The Labute approximate surface area is 176 Å². The number of nitrogens with one attached hydrogen (secondary N) is 1. The van der Waals surface area contributed by atoms with Crippen molar-refractivity contribution in [1.82, 2.24) is 9.88 Å². The van der Waals surface area contributed by atoms with Crippen molar-refractivity contribution in [2.45, 2.75) is 39.5 Å². The molecule has 2 aromatic rings. The van der Waals surface area contributed by atoms with Crippen LogP contribution < -0.4 is 10.1 Å². The molecular weight excluding hydrogens is 382 g/mol. The fourth-order valence-electron chi connectivity index (χ4n) is 3.13. The number of methoxy groups -OCH3 is 1. The number of anilines is 1. The highest BCUT2D eigenvalue weighted by molar-refractivity contribution is 5.93. The van der Waals surface area contributed by atoms with Gasteiger partial charge in [0.15, 0.2) is 0 Å². The average Bonchev–Trinajstić information content (AvgIpc) is 2.82. The lowest BCUT2D eigenvalue weighted by molar-refractivity contribution is -0.148. The van der Waals surface area contributed by atoms with E-state index >= 15 is 0 Å². The van der Waals surface area contributed by atoms with Crippen LogP contribution in [-0.4, -0.2) is 41.0 Å². The number of hydrogen-bond donors (Lipinski definition) is 1. The van der Waals surface area contributed by atoms with Crippen LogP contribution in [0.4, 0.5) is 5.82 Å². The van der Waals surface area contributed by atoms with E-state index in [1.807, 2.05) is 56.0 Å². The number of fused-ring (bicyclic) bond motifs is 1. The van der Waals surface area contributed by atoms with E-state index in [0.717, 1.165) is 22.4 Å². The fraction of sp³-hybridized carbons (Fsp3) is 0.348. The summed E-state index contributed by atoms with van der Waals surface area (Å²) in [5.41, 5.74) is 2.20. The van der Waals surface area contributed by atoms with Crippen LogP contribution in [0.1, 0.15) is 37.5 Å². The summed E-state index contributed by atoms with van der Waals surface area (Å²) < 4.78 is 10.5. The number of rotatable bonds is 5. The third kappa shape index (κ3) is 6.15. The van der Waals surface area contributed by atoms with Gasteiger partial charge in [0.2, 0.25) is 5.91 Å². The number of carbonyl (C=O) groups excluding carboxylic acids is 2. The molecule has 1 N–H and O–H groups in total. The summed E-state index contributed by atoms with van der Waals surface area (Å²) >= 11 is 0. The first-order valence-corrected chi connectivity index (χ1v) is 9.77. The Morgan fingerprint density at radius 2 is 1.97 bits per heavy atom. The second-order valence-corrected chi connectivity index (χ2v) is 8.18. The van der Waals surface area contributed by atoms with E-state index in [1.165, 1.54) is 6.08 Å². The highest BCUT2D eigenvalue weighted by Gasteiger charge is 2.21. The van der Waals surface area contributed by atoms with Crippen LogP contribution in [-0.2, 0) is 27.4 Å². The molecule has 1 amide bonds. The first-order valence-electron chi connectivity index (χ1n) is 9.77. The van der Waals surface area contributed by atoms with Gasteiger partial charge in [-0.15, -0.1) is 0 Å². The zero-order valence-corrected chi connectivity index (χ0v) is 17.8. The van der Waals surface area contributed by atoms with Gasteiger partial charge in [0, 0.05) is 30.9 Å². The number of hydrogen-bond acceptors (Lipinski definition) is 6. The highest BCUT2D eigenvalue weighted by atomic mass is 16.6. The molecule has 3 rings (SSSR count). The molecule has 7 nitrogen and oxygen atoms in total. The Balaban J connectivity index is 1.74. The molecule has 0 spiro atoms. The summed E-state index contributed by atoms with van der Waals surface area (Å²) in [4.78, 5) is 30.6. The monoisotopic (exact) mass is 409 g/mol. The third-order valence-corrected chi connectivity index (χ3v) is 4.39. The lowest BCUT2D eigenvalue weighted by Crippen LogP contribution is -2.29. The van der Waals surface area contributed by atoms with E-state index < -0.39 is 11.6 Å². The van der Waals surface area contributed by atoms with Crippen LogP contribution in [0.15, 0.2) is 42.6 Å². The molecule has 0 atom stereocenters. The number of pyridine rings is 1. The minimum atomic E-state index is -0.542. The maximum Gasteiger partial charge on any atom is 0.331 e. The van der Waals surface area contributed by atoms with Gasteiger partial charge in [-0.1, -0.05) is 12.1 Å². The normalized spacial score (nSPS) is 14.7. The zero-order chi connectivity index (χ0) is 21.7. The van der Waals surface area contributed by atoms with Crippen LogP contribution in [0.2, 0.25) is 0 Å². The molecule has 0 fully saturated rings. The van der Waals surface area contributed by atoms with E-state index in [2.05, 4.69) is 10.3 Å². The molecule has 2 heterocycles. The Morgan fingerprint density at radius 3 is 2.63 bits per heavy atom. The molecule has 0 bridgehead atoms. The second kappa shape index (κ2) is 9.09. The summed E-state index contributed by atoms with van der Waals surface area (Å²) in [7, 11) is 1.63. The summed E-state index contributed by atoms with van der Waals surface area (Å²) in [5, 5.41) is 2.85. The van der Waals surface area contributed by atoms with Gasteiger partial charge in [-0.2, -0.15) is 0 Å². The summed E-state index contributed by atoms with van der Waals surface area (Å²) in [6.45, 7) is 6.91. The van der Waals surface area contributed by atoms with Gasteiger partial charge in [0.1, 0.15) is 17.2 Å². The van der Waals surface area contributed by atoms with Crippen LogP contribution in [0.25, 0.3) is 6.08 Å². The predicted molar refractivity (Wildman–Crippen MR) is 115 cm³/mol. The van der Waals surface area contributed by atoms with Gasteiger partial charge in [-0.3, -0.25) is 9.69 Å². The van der Waals surface area contributed by atoms with E-state index in [9.17, 15) is 9.59 Å². The van der Waals surface area contributed by atoms with E-state index in [-0.39, 0.29) is 12.5 Å². The fourth-order valence-corrected chi connectivity index (χ4v) is 3.13. The highest BCUT2D eigenvalue weighted by Crippen LogP contribution is 2.22. The van der Waals surface area contributed by atoms with Crippen molar-refractivity contribution in [1.29, 1.82) is 0 Å². The summed E-state index contributed by atoms with van der Waals surface area (Å²) in [5.74, 6) is 0.827. The molecule has 1 aliphatic heterocycles. The first-order chi connectivity index (χ1) is 14.2. The van der Waals surface area contributed by atoms with Crippen molar-refractivity contribution in [3.05, 3.63) is 59.3 Å². The molecule has 0 aliphatic carbocycles. The second-order valence-electron chi connectivity index (χ2n) is 8.18. The number of aromatic nitrogens is 1. The van der Waals surface area contributed by atoms with Crippen molar-refractivity contribution in [3.63, 3.8) is 0 Å². The topological polar surface area (TPSA) is 80.8 Å². The number of ether oxygens (including phenoxy) is 2. The molecule has 1 aliphatic rings. The van der Waals surface area contributed by atoms with E-state index in [1.54, 1.807) is 19.4 Å². The molecular formula is C23H27N3O4. The number of carbonyl (C=O) groups is 2. The zero-order valence-electron chi connectivity index (χ0n) is 17.8. The number of nitrogens with zero attached hydrogens (tertiary/aromatic N) is 2. The van der Waals surface area contributed by atoms with Gasteiger partial charge in [0.05, 0.1) is 13.7 Å². The van der Waals surface area contributed by atoms with Crippen LogP contribution in [0.5, 0.6) is 5.75 Å². The van der Waals surface area contributed by atoms with Crippen LogP contribution >= 0.6 is 0 Å². The van der Waals surface area contributed by atoms with Gasteiger partial charge in [-0.05, 0) is 56.2 Å². The smallest absolute Gasteiger partial charge is 0.331 e. The lowest BCUT2D eigenvalue weighted by atomic mass is 10.1. The Morgan fingerprint density at radius 1 is 1.23 bits per heavy atom. The molecule has 0 radical (unpaired) electrons. The number of esters is 1. The largest absolute Gasteiger partial charge is 0.497 e. The maximum atomic E-state index is 12.3. The van der Waals surface area contributed by atoms with Crippen molar-refractivity contribution in [2.24, 2.45) is 0 Å². The minimum absolute atomic E-state index is 0.105. The van der Waals surface area contributed by atoms with Crippen molar-refractivity contribution in [3.8, 4) is 5.75 Å². The van der Waals surface area contributed by atoms with Gasteiger partial charge >= 0.3 is 5.97 Å². The quantitative estimate of drug-likeness (QED) is 0.602. The standard InChI is InChI=1S/C23H27N3O4/c1-23(2,3)30-21(28)10-7-17-11-18-14-26(15-20(27)25-22(18)24-12-17)13-16-5-8-19(29-4)9-6-16/h5-12H,13-15H2,1-4H3,(H,24,25,27)/b10-7+. The number of benzene rings is 1. The number of amides is 1. The van der Waals surface area contributed by atoms with Crippen molar-refractivity contribution < 1.29 is 19.1 Å². The molecule has 1 aromatic carbocycles. The SMILES string of the molecule is COc1ccc(CN2CC(=O)Nc3ncc(/C=C/C(=O)OC(C)(C)C)cc3C2)cc1. The maximum absolute atomic E-state index is 12.3. The molecule has 30 heavy (non-hydrogen) atoms. The Kier molecular flexibility index (Phi) is 6.52. The van der Waals surface area contributed by atoms with E-state index in [4.69, 9.17) is 9.47 Å². The third-order valence-electron chi connectivity index (χ3n) is 4.39. The van der Waals surface area contributed by atoms with E-state index in [0.29, 0.717) is 18.9 Å². The molecule has 7 heteroatoms. The molecule has 0 saturated carbocycles. The summed E-state index contributed by atoms with van der Waals surface area (Å²) in [6, 6.07) is 9.71. The van der Waals surface area contributed by atoms with Gasteiger partial charge in [0.25, 0.3) is 0 Å². The van der Waals surface area contributed by atoms with Gasteiger partial charge in [-0.25, -0.2) is 9.78 Å². The van der Waals surface area contributed by atoms with Crippen LogP contribution in [0, 0.1) is 0 Å². The minimum Gasteiger partial charge on any atom is -0.497 e. The van der Waals surface area contributed by atoms with Crippen molar-refractivity contribution in [2.75, 3.05) is 19.0 Å². The molecule has 158 valence electrons. The van der Waals surface area contributed by atoms with Gasteiger partial charge < -0.3 is 14.8 Å². The van der Waals surface area contributed by atoms with Crippen LogP contribution in [0.3, 0.4) is 0 Å². The first kappa shape index (κ1) is 21.5. The summed E-state index contributed by atoms with van der Waals surface area (Å²) in [6.07, 6.45) is 4.68. The Hall–Kier alpha value is -3.19. The molecule has 1 aromatic heterocycles.